The van der Waals surface area contributed by atoms with E-state index in [0.29, 0.717) is 19.6 Å². The molecule has 0 atom stereocenters. The molecule has 1 heterocycles. The van der Waals surface area contributed by atoms with Gasteiger partial charge in [0.2, 0.25) is 5.91 Å². The quantitative estimate of drug-likeness (QED) is 0.407. The molecule has 6 heteroatoms. The second kappa shape index (κ2) is 8.02. The second-order valence-electron chi connectivity index (χ2n) is 5.21. The molecule has 0 saturated heterocycles. The lowest BCUT2D eigenvalue weighted by molar-refractivity contribution is -0.122. The summed E-state index contributed by atoms with van der Waals surface area (Å²) in [6.07, 6.45) is 2.09. The monoisotopic (exact) mass is 308 g/mol. The Kier molecular flexibility index (Phi) is 6.04. The van der Waals surface area contributed by atoms with Gasteiger partial charge in [-0.2, -0.15) is 0 Å². The molecule has 21 heavy (non-hydrogen) atoms. The fourth-order valence-corrected chi connectivity index (χ4v) is 2.74. The topological polar surface area (TPSA) is 65.5 Å². The molecule has 1 aliphatic carbocycles. The van der Waals surface area contributed by atoms with E-state index < -0.39 is 0 Å². The third kappa shape index (κ3) is 5.38. The Labute approximate surface area is 130 Å². The number of hydrogen-bond donors (Lipinski definition) is 3. The minimum absolute atomic E-state index is 0.188. The summed E-state index contributed by atoms with van der Waals surface area (Å²) in [6, 6.07) is 2.11. The SMILES string of the molecule is CCNC(=NCc1sccc1C)NCCNC(=O)C1CC1. The molecule has 1 amide bonds. The van der Waals surface area contributed by atoms with Crippen molar-refractivity contribution in [2.75, 3.05) is 19.6 Å². The van der Waals surface area contributed by atoms with E-state index in [4.69, 9.17) is 0 Å². The lowest BCUT2D eigenvalue weighted by Crippen LogP contribution is -2.41. The molecule has 116 valence electrons. The first-order valence-electron chi connectivity index (χ1n) is 7.53. The predicted octanol–water partition coefficient (Wildman–Crippen LogP) is 1.64. The largest absolute Gasteiger partial charge is 0.357 e. The third-order valence-electron chi connectivity index (χ3n) is 3.36. The number of carbonyl (C=O) groups excluding carboxylic acids is 1. The molecular weight excluding hydrogens is 284 g/mol. The highest BCUT2D eigenvalue weighted by atomic mass is 32.1. The van der Waals surface area contributed by atoms with Crippen LogP contribution in [-0.2, 0) is 11.3 Å². The van der Waals surface area contributed by atoms with Crippen LogP contribution in [0.15, 0.2) is 16.4 Å². The number of aliphatic imine (C=N–C) groups is 1. The van der Waals surface area contributed by atoms with Crippen molar-refractivity contribution >= 4 is 23.2 Å². The van der Waals surface area contributed by atoms with Gasteiger partial charge in [-0.3, -0.25) is 4.79 Å². The smallest absolute Gasteiger partial charge is 0.223 e. The van der Waals surface area contributed by atoms with Gasteiger partial charge in [0.1, 0.15) is 0 Å². The molecular formula is C15H24N4OS. The van der Waals surface area contributed by atoms with Crippen LogP contribution in [0, 0.1) is 12.8 Å². The number of nitrogens with zero attached hydrogens (tertiary/aromatic N) is 1. The highest BCUT2D eigenvalue weighted by Crippen LogP contribution is 2.28. The van der Waals surface area contributed by atoms with Crippen molar-refractivity contribution in [1.82, 2.24) is 16.0 Å². The van der Waals surface area contributed by atoms with Gasteiger partial charge in [-0.15, -0.1) is 11.3 Å². The number of thiophene rings is 1. The van der Waals surface area contributed by atoms with Crippen molar-refractivity contribution < 1.29 is 4.79 Å². The Bertz CT molecular complexity index is 494. The molecule has 1 saturated carbocycles. The van der Waals surface area contributed by atoms with Crippen LogP contribution in [-0.4, -0.2) is 31.5 Å². The molecule has 1 fully saturated rings. The molecule has 0 spiro atoms. The van der Waals surface area contributed by atoms with Crippen LogP contribution in [0.4, 0.5) is 0 Å². The van der Waals surface area contributed by atoms with E-state index in [0.717, 1.165) is 25.3 Å². The molecule has 2 rings (SSSR count). The maximum atomic E-state index is 11.5. The molecule has 0 bridgehead atoms. The van der Waals surface area contributed by atoms with Gasteiger partial charge in [0.25, 0.3) is 0 Å². The van der Waals surface area contributed by atoms with Crippen LogP contribution < -0.4 is 16.0 Å². The number of guanidine groups is 1. The summed E-state index contributed by atoms with van der Waals surface area (Å²) < 4.78 is 0. The summed E-state index contributed by atoms with van der Waals surface area (Å²) in [7, 11) is 0. The van der Waals surface area contributed by atoms with E-state index in [2.05, 4.69) is 39.3 Å². The molecule has 1 aromatic rings. The first kappa shape index (κ1) is 15.8. The second-order valence-corrected chi connectivity index (χ2v) is 6.21. The fourth-order valence-electron chi connectivity index (χ4n) is 1.92. The van der Waals surface area contributed by atoms with Crippen molar-refractivity contribution in [3.63, 3.8) is 0 Å². The van der Waals surface area contributed by atoms with Crippen LogP contribution in [0.25, 0.3) is 0 Å². The van der Waals surface area contributed by atoms with Gasteiger partial charge in [0.15, 0.2) is 5.96 Å². The molecule has 0 radical (unpaired) electrons. The molecule has 3 N–H and O–H groups in total. The maximum Gasteiger partial charge on any atom is 0.223 e. The minimum Gasteiger partial charge on any atom is -0.357 e. The summed E-state index contributed by atoms with van der Waals surface area (Å²) in [5, 5.41) is 11.5. The van der Waals surface area contributed by atoms with E-state index in [1.165, 1.54) is 10.4 Å². The molecule has 0 aliphatic heterocycles. The van der Waals surface area contributed by atoms with Gasteiger partial charge in [0, 0.05) is 30.4 Å². The normalized spacial score (nSPS) is 14.9. The van der Waals surface area contributed by atoms with Crippen molar-refractivity contribution in [3.05, 3.63) is 21.9 Å². The van der Waals surface area contributed by atoms with Crippen molar-refractivity contribution in [2.45, 2.75) is 33.2 Å². The summed E-state index contributed by atoms with van der Waals surface area (Å²) >= 11 is 1.73. The lowest BCUT2D eigenvalue weighted by atomic mass is 10.3. The van der Waals surface area contributed by atoms with Gasteiger partial charge in [0.05, 0.1) is 6.54 Å². The Morgan fingerprint density at radius 1 is 1.33 bits per heavy atom. The minimum atomic E-state index is 0.188. The summed E-state index contributed by atoms with van der Waals surface area (Å²) in [5.74, 6) is 1.26. The Morgan fingerprint density at radius 3 is 2.71 bits per heavy atom. The summed E-state index contributed by atoms with van der Waals surface area (Å²) in [6.45, 7) is 6.99. The predicted molar refractivity (Wildman–Crippen MR) is 87.6 cm³/mol. The van der Waals surface area contributed by atoms with E-state index in [1.807, 2.05) is 6.92 Å². The Hall–Kier alpha value is -1.56. The van der Waals surface area contributed by atoms with E-state index in [1.54, 1.807) is 11.3 Å². The van der Waals surface area contributed by atoms with Crippen LogP contribution in [0.2, 0.25) is 0 Å². The van der Waals surface area contributed by atoms with E-state index in [-0.39, 0.29) is 11.8 Å². The summed E-state index contributed by atoms with van der Waals surface area (Å²) in [5.41, 5.74) is 1.29. The van der Waals surface area contributed by atoms with Gasteiger partial charge in [-0.1, -0.05) is 0 Å². The van der Waals surface area contributed by atoms with Crippen LogP contribution in [0.1, 0.15) is 30.2 Å². The fraction of sp³-hybridized carbons (Fsp3) is 0.600. The maximum absolute atomic E-state index is 11.5. The molecule has 1 aliphatic rings. The van der Waals surface area contributed by atoms with Crippen molar-refractivity contribution in [1.29, 1.82) is 0 Å². The highest BCUT2D eigenvalue weighted by molar-refractivity contribution is 7.10. The Balaban J connectivity index is 1.72. The number of aryl methyl sites for hydroxylation is 1. The average molecular weight is 308 g/mol. The van der Waals surface area contributed by atoms with Gasteiger partial charge < -0.3 is 16.0 Å². The first-order valence-corrected chi connectivity index (χ1v) is 8.41. The number of carbonyl (C=O) groups is 1. The average Bonchev–Trinajstić information content (AvgIpc) is 3.24. The van der Waals surface area contributed by atoms with Gasteiger partial charge >= 0.3 is 0 Å². The van der Waals surface area contributed by atoms with Crippen LogP contribution in [0.5, 0.6) is 0 Å². The van der Waals surface area contributed by atoms with Crippen molar-refractivity contribution in [2.24, 2.45) is 10.9 Å². The number of amides is 1. The highest BCUT2D eigenvalue weighted by Gasteiger charge is 2.28. The zero-order valence-electron chi connectivity index (χ0n) is 12.7. The molecule has 0 aromatic carbocycles. The first-order chi connectivity index (χ1) is 10.2. The van der Waals surface area contributed by atoms with Gasteiger partial charge in [-0.25, -0.2) is 4.99 Å². The summed E-state index contributed by atoms with van der Waals surface area (Å²) in [4.78, 5) is 17.4. The van der Waals surface area contributed by atoms with E-state index in [9.17, 15) is 4.79 Å². The lowest BCUT2D eigenvalue weighted by Gasteiger charge is -2.11. The number of rotatable bonds is 7. The zero-order chi connectivity index (χ0) is 15.1. The third-order valence-corrected chi connectivity index (χ3v) is 4.37. The van der Waals surface area contributed by atoms with Crippen LogP contribution >= 0.6 is 11.3 Å². The number of nitrogens with one attached hydrogen (secondary N) is 3. The van der Waals surface area contributed by atoms with Crippen molar-refractivity contribution in [3.8, 4) is 0 Å². The molecule has 5 nitrogen and oxygen atoms in total. The molecule has 1 aromatic heterocycles. The zero-order valence-corrected chi connectivity index (χ0v) is 13.6. The standard InChI is InChI=1S/C15H24N4OS/c1-3-16-15(19-10-13-11(2)6-9-21-13)18-8-7-17-14(20)12-4-5-12/h6,9,12H,3-5,7-8,10H2,1-2H3,(H,17,20)(H2,16,18,19). The van der Waals surface area contributed by atoms with Crippen LogP contribution in [0.3, 0.4) is 0 Å². The van der Waals surface area contributed by atoms with E-state index >= 15 is 0 Å². The Morgan fingerprint density at radius 2 is 2.10 bits per heavy atom. The molecule has 0 unspecified atom stereocenters. The van der Waals surface area contributed by atoms with Gasteiger partial charge in [-0.05, 0) is 43.7 Å². The number of hydrogen-bond acceptors (Lipinski definition) is 3.